The van der Waals surface area contributed by atoms with E-state index >= 15 is 0 Å². The molecule has 2 atom stereocenters. The summed E-state index contributed by atoms with van der Waals surface area (Å²) < 4.78 is 23.5. The maximum Gasteiger partial charge on any atom is 0.472 e. The van der Waals surface area contributed by atoms with E-state index < -0.39 is 20.0 Å². The number of rotatable bonds is 42. The third-order valence-electron chi connectivity index (χ3n) is 10.8. The maximum atomic E-state index is 12.5. The molecule has 0 radical (unpaired) electrons. The van der Waals surface area contributed by atoms with E-state index in [0.717, 1.165) is 38.5 Å². The minimum atomic E-state index is -4.48. The highest BCUT2D eigenvalue weighted by Crippen LogP contribution is 2.43. The minimum absolute atomic E-state index is 0.0846. The summed E-state index contributed by atoms with van der Waals surface area (Å²) in [5.41, 5.74) is 0. The number of nitrogens with zero attached hydrogens (tertiary/aromatic N) is 2. The van der Waals surface area contributed by atoms with Crippen molar-refractivity contribution in [3.8, 4) is 0 Å². The molecular weight excluding hydrogens is 743 g/mol. The zero-order valence-electron chi connectivity index (χ0n) is 37.9. The number of quaternary nitrogens is 2. The van der Waals surface area contributed by atoms with Gasteiger partial charge in [0.25, 0.3) is 0 Å². The quantitative estimate of drug-likeness (QED) is 0.0233. The van der Waals surface area contributed by atoms with Crippen molar-refractivity contribution in [1.82, 2.24) is 10.6 Å². The Morgan fingerprint density at radius 3 is 1.09 bits per heavy atom. The van der Waals surface area contributed by atoms with Gasteiger partial charge in [-0.05, 0) is 12.8 Å². The van der Waals surface area contributed by atoms with Gasteiger partial charge in [-0.3, -0.25) is 18.6 Å². The summed E-state index contributed by atoms with van der Waals surface area (Å²) in [6.07, 6.45) is 28.2. The monoisotopic (exact) mass is 837 g/mol. The number of unbranched alkanes of at least 4 members (excludes halogenated alkanes) is 20. The molecule has 0 aromatic rings. The van der Waals surface area contributed by atoms with Crippen LogP contribution in [0.25, 0.3) is 0 Å². The molecule has 57 heavy (non-hydrogen) atoms. The van der Waals surface area contributed by atoms with Gasteiger partial charge in [0.05, 0.1) is 54.5 Å². The molecule has 0 aromatic carbocycles. The van der Waals surface area contributed by atoms with Gasteiger partial charge in [0.1, 0.15) is 25.3 Å². The number of hydrogen-bond acceptors (Lipinski definition) is 7. The molecule has 0 aliphatic rings. The van der Waals surface area contributed by atoms with Gasteiger partial charge in [-0.2, -0.15) is 0 Å². The lowest BCUT2D eigenvalue weighted by atomic mass is 10.1. The summed E-state index contributed by atoms with van der Waals surface area (Å²) in [6.45, 7) is 6.86. The van der Waals surface area contributed by atoms with E-state index in [-0.39, 0.29) is 25.0 Å². The average molecular weight is 837 g/mol. The fourth-order valence-corrected chi connectivity index (χ4v) is 8.17. The van der Waals surface area contributed by atoms with Crippen molar-refractivity contribution in [1.29, 1.82) is 0 Å². The van der Waals surface area contributed by atoms with Crippen LogP contribution in [0.1, 0.15) is 181 Å². The predicted octanol–water partition coefficient (Wildman–Crippen LogP) is 8.41. The Morgan fingerprint density at radius 1 is 0.509 bits per heavy atom. The molecule has 0 bridgehead atoms. The molecule has 0 heterocycles. The van der Waals surface area contributed by atoms with Gasteiger partial charge in [-0.15, -0.1) is 0 Å². The first-order valence-electron chi connectivity index (χ1n) is 23.3. The molecular formula is C44H93N4O8P+2. The van der Waals surface area contributed by atoms with Gasteiger partial charge >= 0.3 is 7.82 Å². The van der Waals surface area contributed by atoms with Crippen LogP contribution >= 0.6 is 7.82 Å². The van der Waals surface area contributed by atoms with Crippen molar-refractivity contribution < 1.29 is 47.3 Å². The lowest BCUT2D eigenvalue weighted by Crippen LogP contribution is -2.48. The van der Waals surface area contributed by atoms with Gasteiger partial charge in [-0.1, -0.05) is 142 Å². The average Bonchev–Trinajstić information content (AvgIpc) is 3.14. The van der Waals surface area contributed by atoms with Crippen LogP contribution in [0.5, 0.6) is 0 Å². The van der Waals surface area contributed by atoms with E-state index in [4.69, 9.17) is 9.05 Å². The van der Waals surface area contributed by atoms with Crippen LogP contribution < -0.4 is 10.6 Å². The molecule has 0 aliphatic carbocycles. The number of phosphoric acid groups is 1. The van der Waals surface area contributed by atoms with Crippen molar-refractivity contribution in [3.63, 3.8) is 0 Å². The number of aliphatic hydroxyl groups excluding tert-OH is 2. The standard InChI is InChI=1S/C44H91N4O8P/c1-7-9-11-13-15-17-19-21-23-25-27-31-43(51)45-33-29-35-47(3,4)37-41(49)39-55-57(53,54)56-40-42(50)38-48(5,6)36-30-34-46-44(52)32-28-26-24-22-20-18-16-14-12-10-8-2/h41-42,49-50H,7-40H2,1-6H3,(H-2,45,46,51,52,53,54)/p+2. The summed E-state index contributed by atoms with van der Waals surface area (Å²) >= 11 is 0. The fourth-order valence-electron chi connectivity index (χ4n) is 7.37. The molecule has 12 nitrogen and oxygen atoms in total. The van der Waals surface area contributed by atoms with Crippen LogP contribution in [0.2, 0.25) is 0 Å². The van der Waals surface area contributed by atoms with Crippen LogP contribution in [0.3, 0.4) is 0 Å². The fraction of sp³-hybridized carbons (Fsp3) is 0.955. The second-order valence-corrected chi connectivity index (χ2v) is 19.5. The smallest absolute Gasteiger partial charge is 0.385 e. The molecule has 0 fully saturated rings. The molecule has 0 aromatic heterocycles. The molecule has 0 rings (SSSR count). The number of aliphatic hydroxyl groups is 2. The van der Waals surface area contributed by atoms with Crippen molar-refractivity contribution in [2.75, 3.05) is 80.7 Å². The summed E-state index contributed by atoms with van der Waals surface area (Å²) in [6, 6.07) is 0. The maximum absolute atomic E-state index is 12.5. The van der Waals surface area contributed by atoms with Crippen LogP contribution in [0.4, 0.5) is 0 Å². The van der Waals surface area contributed by atoms with E-state index in [2.05, 4.69) is 24.5 Å². The van der Waals surface area contributed by atoms with E-state index in [1.165, 1.54) is 116 Å². The van der Waals surface area contributed by atoms with Crippen LogP contribution in [-0.2, 0) is 23.2 Å². The molecule has 0 aliphatic heterocycles. The zero-order valence-corrected chi connectivity index (χ0v) is 38.8. The van der Waals surface area contributed by atoms with Crippen molar-refractivity contribution in [3.05, 3.63) is 0 Å². The number of amides is 2. The minimum Gasteiger partial charge on any atom is -0.385 e. The highest BCUT2D eigenvalue weighted by atomic mass is 31.2. The highest BCUT2D eigenvalue weighted by molar-refractivity contribution is 7.47. The largest absolute Gasteiger partial charge is 0.472 e. The number of carbonyl (C=O) groups is 2. The van der Waals surface area contributed by atoms with Crippen molar-refractivity contribution in [2.24, 2.45) is 0 Å². The number of nitrogens with one attached hydrogen (secondary N) is 2. The Morgan fingerprint density at radius 2 is 0.789 bits per heavy atom. The Bertz CT molecular complexity index is 945. The normalized spacial score (nSPS) is 14.3. The summed E-state index contributed by atoms with van der Waals surface area (Å²) in [7, 11) is 3.33. The van der Waals surface area contributed by atoms with E-state index in [1.807, 2.05) is 28.2 Å². The van der Waals surface area contributed by atoms with E-state index in [1.54, 1.807) is 0 Å². The zero-order chi connectivity index (χ0) is 42.7. The third-order valence-corrected chi connectivity index (χ3v) is 11.8. The first-order chi connectivity index (χ1) is 27.1. The van der Waals surface area contributed by atoms with Crippen molar-refractivity contribution >= 4 is 19.6 Å². The molecule has 340 valence electrons. The SMILES string of the molecule is CCCCCCCCCCCCCC(=O)NCCC[N+](C)(C)CC(O)COP(=O)(O)OCC(O)C[N+](C)(C)CCCNC(=O)CCCCCCCCCCCCC. The van der Waals surface area contributed by atoms with Crippen LogP contribution in [0, 0.1) is 0 Å². The molecule has 0 saturated heterocycles. The first-order valence-corrected chi connectivity index (χ1v) is 24.8. The van der Waals surface area contributed by atoms with Gasteiger partial charge in [0.2, 0.25) is 11.8 Å². The molecule has 2 amide bonds. The van der Waals surface area contributed by atoms with Gasteiger partial charge < -0.3 is 34.7 Å². The predicted molar refractivity (Wildman–Crippen MR) is 235 cm³/mol. The summed E-state index contributed by atoms with van der Waals surface area (Å²) in [5, 5.41) is 27.1. The summed E-state index contributed by atoms with van der Waals surface area (Å²) in [4.78, 5) is 34.7. The Balaban J connectivity index is 4.01. The highest BCUT2D eigenvalue weighted by Gasteiger charge is 2.29. The number of phosphoric ester groups is 1. The number of carbonyl (C=O) groups excluding carboxylic acids is 2. The molecule has 13 heteroatoms. The second kappa shape index (κ2) is 35.6. The molecule has 0 spiro atoms. The van der Waals surface area contributed by atoms with E-state index in [0.29, 0.717) is 61.1 Å². The second-order valence-electron chi connectivity index (χ2n) is 18.0. The Hall–Kier alpha value is -1.11. The molecule has 2 unspecified atom stereocenters. The van der Waals surface area contributed by atoms with Gasteiger partial charge in [0, 0.05) is 38.8 Å². The number of likely N-dealkylation sites (N-methyl/N-ethyl adjacent to an activating group) is 2. The lowest BCUT2D eigenvalue weighted by Gasteiger charge is -2.32. The van der Waals surface area contributed by atoms with Crippen LogP contribution in [0.15, 0.2) is 0 Å². The van der Waals surface area contributed by atoms with Crippen molar-refractivity contribution in [2.45, 2.75) is 193 Å². The lowest BCUT2D eigenvalue weighted by molar-refractivity contribution is -0.893. The van der Waals surface area contributed by atoms with Crippen LogP contribution in [-0.4, -0.2) is 129 Å². The number of hydrogen-bond donors (Lipinski definition) is 5. The molecule has 5 N–H and O–H groups in total. The Labute approximate surface area is 350 Å². The summed E-state index contributed by atoms with van der Waals surface area (Å²) in [5.74, 6) is 0.169. The topological polar surface area (TPSA) is 154 Å². The molecule has 0 saturated carbocycles. The van der Waals surface area contributed by atoms with Gasteiger partial charge in [-0.25, -0.2) is 4.57 Å². The Kier molecular flexibility index (Phi) is 34.9. The first kappa shape index (κ1) is 55.9. The van der Waals surface area contributed by atoms with E-state index in [9.17, 15) is 29.3 Å². The third kappa shape index (κ3) is 38.8. The van der Waals surface area contributed by atoms with Gasteiger partial charge in [0.15, 0.2) is 0 Å².